The predicted octanol–water partition coefficient (Wildman–Crippen LogP) is 3.20. The Balaban J connectivity index is 2.04. The largest absolute Gasteiger partial charge is 0.497 e. The van der Waals surface area contributed by atoms with E-state index in [0.717, 1.165) is 29.2 Å². The van der Waals surface area contributed by atoms with Crippen LogP contribution in [0.3, 0.4) is 0 Å². The second kappa shape index (κ2) is 6.19. The van der Waals surface area contributed by atoms with Gasteiger partial charge in [0.2, 0.25) is 5.06 Å². The summed E-state index contributed by atoms with van der Waals surface area (Å²) in [5, 5.41) is -0.526. The number of nitrogens with two attached hydrogens (primary N) is 1. The molecule has 1 aromatic carbocycles. The molecular weight excluding hydrogens is 310 g/mol. The minimum atomic E-state index is -0.526. The maximum Gasteiger partial charge on any atom is 0.204 e. The van der Waals surface area contributed by atoms with Crippen molar-refractivity contribution in [1.82, 2.24) is 9.55 Å². The lowest BCUT2D eigenvalue weighted by Crippen LogP contribution is -2.40. The zero-order chi connectivity index (χ0) is 16.5. The summed E-state index contributed by atoms with van der Waals surface area (Å²) in [6, 6.07) is 6.01. The molecule has 2 aromatic rings. The molecule has 0 radical (unpaired) electrons. The van der Waals surface area contributed by atoms with Gasteiger partial charge in [0.25, 0.3) is 0 Å². The Labute approximate surface area is 141 Å². The summed E-state index contributed by atoms with van der Waals surface area (Å²) in [6.07, 6.45) is 6.57. The van der Waals surface area contributed by atoms with Gasteiger partial charge in [0.15, 0.2) is 0 Å². The topological polar surface area (TPSA) is 62.3 Å². The number of nitrogens with zero attached hydrogens (tertiary/aromatic N) is 2. The van der Waals surface area contributed by atoms with Gasteiger partial charge in [-0.2, -0.15) is 0 Å². The van der Waals surface area contributed by atoms with Gasteiger partial charge in [-0.15, -0.1) is 0 Å². The highest BCUT2D eigenvalue weighted by Gasteiger charge is 2.53. The van der Waals surface area contributed by atoms with E-state index >= 15 is 0 Å². The van der Waals surface area contributed by atoms with Gasteiger partial charge in [-0.3, -0.25) is 4.57 Å². The van der Waals surface area contributed by atoms with Gasteiger partial charge >= 0.3 is 0 Å². The van der Waals surface area contributed by atoms with E-state index in [4.69, 9.17) is 15.2 Å². The van der Waals surface area contributed by atoms with Crippen LogP contribution in [0.4, 0.5) is 0 Å². The molecule has 0 amide bonds. The molecule has 1 aromatic heterocycles. The third-order valence-corrected chi connectivity index (χ3v) is 6.24. The maximum absolute atomic E-state index is 6.27. The van der Waals surface area contributed by atoms with Crippen LogP contribution in [0.1, 0.15) is 25.8 Å². The minimum Gasteiger partial charge on any atom is -0.497 e. The van der Waals surface area contributed by atoms with Gasteiger partial charge in [0.1, 0.15) is 5.75 Å². The Morgan fingerprint density at radius 3 is 2.83 bits per heavy atom. The van der Waals surface area contributed by atoms with Crippen LogP contribution in [-0.2, 0) is 16.3 Å². The molecule has 2 heterocycles. The monoisotopic (exact) mass is 333 g/mol. The van der Waals surface area contributed by atoms with Crippen molar-refractivity contribution in [3.05, 3.63) is 42.5 Å². The van der Waals surface area contributed by atoms with Gasteiger partial charge in [-0.25, -0.2) is 4.98 Å². The van der Waals surface area contributed by atoms with Gasteiger partial charge in [0.05, 0.1) is 20.0 Å². The summed E-state index contributed by atoms with van der Waals surface area (Å²) < 4.78 is 13.6. The Morgan fingerprint density at radius 1 is 1.43 bits per heavy atom. The quantitative estimate of drug-likeness (QED) is 0.910. The number of rotatable bonds is 5. The average molecular weight is 333 g/mol. The van der Waals surface area contributed by atoms with E-state index in [2.05, 4.69) is 29.5 Å². The van der Waals surface area contributed by atoms with Gasteiger partial charge in [-0.05, 0) is 30.2 Å². The van der Waals surface area contributed by atoms with Crippen LogP contribution >= 0.6 is 11.8 Å². The molecule has 0 aliphatic carbocycles. The molecule has 6 heteroatoms. The number of imidazole rings is 1. The number of thioether (sulfide) groups is 1. The van der Waals surface area contributed by atoms with Crippen molar-refractivity contribution in [3.63, 3.8) is 0 Å². The molecule has 1 aliphatic heterocycles. The fraction of sp³-hybridized carbons (Fsp3) is 0.471. The standard InChI is InChI=1S/C17H23N3O2S/c1-16(2)6-9-22-17(16,20-8-7-19-12-20)23-15-5-4-14(21-3)10-13(15)11-18/h4-5,7-8,10,12H,6,9,11,18H2,1-3H3. The fourth-order valence-electron chi connectivity index (χ4n) is 2.97. The summed E-state index contributed by atoms with van der Waals surface area (Å²) in [4.78, 5) is 5.32. The molecule has 0 bridgehead atoms. The normalized spacial score (nSPS) is 23.1. The van der Waals surface area contributed by atoms with Crippen molar-refractivity contribution in [2.75, 3.05) is 13.7 Å². The van der Waals surface area contributed by atoms with Crippen molar-refractivity contribution >= 4 is 11.8 Å². The van der Waals surface area contributed by atoms with E-state index in [9.17, 15) is 0 Å². The Kier molecular flexibility index (Phi) is 4.40. The lowest BCUT2D eigenvalue weighted by molar-refractivity contribution is -0.0333. The van der Waals surface area contributed by atoms with E-state index in [0.29, 0.717) is 6.54 Å². The van der Waals surface area contributed by atoms with Crippen molar-refractivity contribution < 1.29 is 9.47 Å². The Hall–Kier alpha value is -1.50. The van der Waals surface area contributed by atoms with Gasteiger partial charge in [0, 0.05) is 29.2 Å². The number of methoxy groups -OCH3 is 1. The molecule has 1 saturated heterocycles. The van der Waals surface area contributed by atoms with Gasteiger partial charge in [-0.1, -0.05) is 25.6 Å². The molecule has 0 saturated carbocycles. The third kappa shape index (κ3) is 2.75. The molecule has 3 rings (SSSR count). The van der Waals surface area contributed by atoms with Crippen molar-refractivity contribution in [3.8, 4) is 5.75 Å². The smallest absolute Gasteiger partial charge is 0.204 e. The second-order valence-electron chi connectivity index (χ2n) is 6.31. The molecule has 0 spiro atoms. The average Bonchev–Trinajstić information content (AvgIpc) is 3.17. The number of aromatic nitrogens is 2. The first-order valence-corrected chi connectivity index (χ1v) is 8.52. The van der Waals surface area contributed by atoms with Crippen molar-refractivity contribution in [2.45, 2.75) is 36.8 Å². The second-order valence-corrected chi connectivity index (χ2v) is 7.51. The molecule has 1 aliphatic rings. The molecule has 5 nitrogen and oxygen atoms in total. The minimum absolute atomic E-state index is 0.0375. The fourth-order valence-corrected chi connectivity index (χ4v) is 4.41. The molecule has 23 heavy (non-hydrogen) atoms. The molecule has 124 valence electrons. The highest BCUT2D eigenvalue weighted by atomic mass is 32.2. The lowest BCUT2D eigenvalue weighted by Gasteiger charge is -2.40. The third-order valence-electron chi connectivity index (χ3n) is 4.46. The van der Waals surface area contributed by atoms with E-state index < -0.39 is 5.06 Å². The first-order valence-electron chi connectivity index (χ1n) is 7.71. The summed E-state index contributed by atoms with van der Waals surface area (Å²) in [5.41, 5.74) is 6.97. The molecule has 1 fully saturated rings. The van der Waals surface area contributed by atoms with Crippen molar-refractivity contribution in [1.29, 1.82) is 0 Å². The predicted molar refractivity (Wildman–Crippen MR) is 91.3 cm³/mol. The van der Waals surface area contributed by atoms with Crippen LogP contribution in [0.2, 0.25) is 0 Å². The van der Waals surface area contributed by atoms with Gasteiger partial charge < -0.3 is 15.2 Å². The maximum atomic E-state index is 6.27. The first-order chi connectivity index (χ1) is 11.0. The highest BCUT2D eigenvalue weighted by molar-refractivity contribution is 8.00. The zero-order valence-corrected chi connectivity index (χ0v) is 14.6. The molecule has 2 N–H and O–H groups in total. The van der Waals surface area contributed by atoms with E-state index in [1.807, 2.05) is 24.7 Å². The molecular formula is C17H23N3O2S. The number of ether oxygens (including phenoxy) is 2. The summed E-state index contributed by atoms with van der Waals surface area (Å²) in [6.45, 7) is 5.66. The summed E-state index contributed by atoms with van der Waals surface area (Å²) in [7, 11) is 1.67. The number of hydrogen-bond donors (Lipinski definition) is 1. The van der Waals surface area contributed by atoms with E-state index in [-0.39, 0.29) is 5.41 Å². The zero-order valence-electron chi connectivity index (χ0n) is 13.8. The van der Waals surface area contributed by atoms with Crippen LogP contribution in [0.15, 0.2) is 41.8 Å². The number of benzene rings is 1. The van der Waals surface area contributed by atoms with E-state index in [1.54, 1.807) is 25.1 Å². The molecule has 1 unspecified atom stereocenters. The SMILES string of the molecule is COc1ccc(SC2(n3ccnc3)OCCC2(C)C)c(CN)c1. The Bertz CT molecular complexity index is 672. The van der Waals surface area contributed by atoms with E-state index in [1.165, 1.54) is 0 Å². The van der Waals surface area contributed by atoms with Crippen LogP contribution < -0.4 is 10.5 Å². The van der Waals surface area contributed by atoms with Crippen LogP contribution in [0.5, 0.6) is 5.75 Å². The molecule has 1 atom stereocenters. The van der Waals surface area contributed by atoms with Crippen LogP contribution in [-0.4, -0.2) is 23.3 Å². The van der Waals surface area contributed by atoms with Crippen LogP contribution in [0.25, 0.3) is 0 Å². The first kappa shape index (κ1) is 16.4. The summed E-state index contributed by atoms with van der Waals surface area (Å²) in [5.74, 6) is 0.818. The highest BCUT2D eigenvalue weighted by Crippen LogP contribution is 2.56. The number of hydrogen-bond acceptors (Lipinski definition) is 5. The lowest BCUT2D eigenvalue weighted by atomic mass is 9.89. The van der Waals surface area contributed by atoms with Crippen LogP contribution in [0, 0.1) is 5.41 Å². The Morgan fingerprint density at radius 2 is 2.26 bits per heavy atom. The van der Waals surface area contributed by atoms with Crippen molar-refractivity contribution in [2.24, 2.45) is 11.1 Å². The summed E-state index contributed by atoms with van der Waals surface area (Å²) >= 11 is 1.70.